The lowest BCUT2D eigenvalue weighted by atomic mass is 10.3. The molecule has 0 saturated heterocycles. The fourth-order valence-corrected chi connectivity index (χ4v) is 2.69. The first-order valence-corrected chi connectivity index (χ1v) is 8.74. The maximum atomic E-state index is 13.3. The predicted molar refractivity (Wildman–Crippen MR) is 88.3 cm³/mol. The van der Waals surface area contributed by atoms with E-state index in [0.29, 0.717) is 25.0 Å². The average Bonchev–Trinajstić information content (AvgIpc) is 2.62. The summed E-state index contributed by atoms with van der Waals surface area (Å²) >= 11 is 5.54. The summed E-state index contributed by atoms with van der Waals surface area (Å²) in [4.78, 5) is 0. The molecule has 10 heteroatoms. The minimum absolute atomic E-state index is 0.0276. The second-order valence-electron chi connectivity index (χ2n) is 5.00. The Labute approximate surface area is 161 Å². The van der Waals surface area contributed by atoms with Crippen molar-refractivity contribution in [3.8, 4) is 11.5 Å². The molecular formula is C16H10Br2F6O2. The van der Waals surface area contributed by atoms with E-state index in [1.807, 2.05) is 0 Å². The van der Waals surface area contributed by atoms with Gasteiger partial charge in [-0.25, -0.2) is 26.3 Å². The number of ether oxygens (including phenoxy) is 2. The average molecular weight is 508 g/mol. The minimum atomic E-state index is -1.61. The van der Waals surface area contributed by atoms with Gasteiger partial charge in [-0.15, -0.1) is 0 Å². The molecule has 0 bridgehead atoms. The van der Waals surface area contributed by atoms with E-state index in [9.17, 15) is 26.3 Å². The number of halogens is 8. The van der Waals surface area contributed by atoms with Crippen LogP contribution in [0.2, 0.25) is 0 Å². The molecule has 0 radical (unpaired) electrons. The maximum absolute atomic E-state index is 13.3. The monoisotopic (exact) mass is 506 g/mol. The standard InChI is InChI=1S/C16H10Br2F6O2/c17-11-9(5-7(19)13(21)15(11)23)25-3-1-2-4-26-10-6-8(20)14(22)16(24)12(10)18/h5-6H,1-4H2. The van der Waals surface area contributed by atoms with Gasteiger partial charge in [0.15, 0.2) is 34.9 Å². The molecule has 0 aliphatic rings. The number of benzene rings is 2. The Hall–Kier alpha value is -1.42. The molecule has 26 heavy (non-hydrogen) atoms. The van der Waals surface area contributed by atoms with Crippen LogP contribution in [-0.2, 0) is 0 Å². The van der Waals surface area contributed by atoms with Gasteiger partial charge >= 0.3 is 0 Å². The predicted octanol–water partition coefficient (Wildman–Crippen LogP) is 6.28. The SMILES string of the molecule is Fc1cc(OCCCCOc2cc(F)c(F)c(F)c2Br)c(Br)c(F)c1F. The highest BCUT2D eigenvalue weighted by Gasteiger charge is 2.19. The first-order valence-electron chi connectivity index (χ1n) is 7.15. The summed E-state index contributed by atoms with van der Waals surface area (Å²) in [6.45, 7) is 0.0551. The van der Waals surface area contributed by atoms with Crippen molar-refractivity contribution in [1.82, 2.24) is 0 Å². The largest absolute Gasteiger partial charge is 0.492 e. The molecule has 0 N–H and O–H groups in total. The smallest absolute Gasteiger partial charge is 0.195 e. The highest BCUT2D eigenvalue weighted by molar-refractivity contribution is 9.11. The van der Waals surface area contributed by atoms with E-state index in [4.69, 9.17) is 9.47 Å². The van der Waals surface area contributed by atoms with Crippen LogP contribution in [0.4, 0.5) is 26.3 Å². The van der Waals surface area contributed by atoms with Crippen LogP contribution < -0.4 is 9.47 Å². The highest BCUT2D eigenvalue weighted by Crippen LogP contribution is 2.32. The molecule has 0 atom stereocenters. The maximum Gasteiger partial charge on any atom is 0.195 e. The zero-order valence-corrected chi connectivity index (χ0v) is 16.0. The molecule has 2 aromatic rings. The molecule has 0 unspecified atom stereocenters. The first kappa shape index (κ1) is 20.9. The second kappa shape index (κ2) is 8.98. The Bertz CT molecular complexity index is 749. The number of hydrogen-bond donors (Lipinski definition) is 0. The molecule has 0 fully saturated rings. The van der Waals surface area contributed by atoms with Crippen LogP contribution in [0.5, 0.6) is 11.5 Å². The third kappa shape index (κ3) is 4.64. The zero-order chi connectivity index (χ0) is 19.4. The lowest BCUT2D eigenvalue weighted by Crippen LogP contribution is -2.05. The van der Waals surface area contributed by atoms with E-state index in [0.717, 1.165) is 0 Å². The Kier molecular flexibility index (Phi) is 7.22. The fraction of sp³-hybridized carbons (Fsp3) is 0.250. The molecule has 0 aliphatic heterocycles. The Morgan fingerprint density at radius 3 is 1.31 bits per heavy atom. The van der Waals surface area contributed by atoms with Crippen molar-refractivity contribution < 1.29 is 35.8 Å². The van der Waals surface area contributed by atoms with Crippen LogP contribution in [0.25, 0.3) is 0 Å². The van der Waals surface area contributed by atoms with Gasteiger partial charge < -0.3 is 9.47 Å². The number of rotatable bonds is 7. The van der Waals surface area contributed by atoms with Crippen molar-refractivity contribution in [2.24, 2.45) is 0 Å². The van der Waals surface area contributed by atoms with Gasteiger partial charge in [-0.2, -0.15) is 0 Å². The molecule has 142 valence electrons. The van der Waals surface area contributed by atoms with Crippen LogP contribution in [0, 0.1) is 34.9 Å². The van der Waals surface area contributed by atoms with Crippen molar-refractivity contribution in [3.05, 3.63) is 56.0 Å². The van der Waals surface area contributed by atoms with E-state index in [-0.39, 0.29) is 33.7 Å². The van der Waals surface area contributed by atoms with Crippen LogP contribution in [0.3, 0.4) is 0 Å². The topological polar surface area (TPSA) is 18.5 Å². The van der Waals surface area contributed by atoms with Gasteiger partial charge in [0.25, 0.3) is 0 Å². The van der Waals surface area contributed by atoms with Crippen molar-refractivity contribution >= 4 is 31.9 Å². The summed E-state index contributed by atoms with van der Waals surface area (Å²) in [6, 6.07) is 1.42. The van der Waals surface area contributed by atoms with E-state index in [1.165, 1.54) is 0 Å². The summed E-state index contributed by atoms with van der Waals surface area (Å²) in [5.74, 6) is -9.17. The summed E-state index contributed by atoms with van der Waals surface area (Å²) in [5, 5.41) is 0. The van der Waals surface area contributed by atoms with Gasteiger partial charge in [0.05, 0.1) is 22.2 Å². The summed E-state index contributed by atoms with van der Waals surface area (Å²) in [6.07, 6.45) is 0.716. The molecule has 0 aromatic heterocycles. The van der Waals surface area contributed by atoms with Gasteiger partial charge in [0.2, 0.25) is 0 Å². The van der Waals surface area contributed by atoms with E-state index >= 15 is 0 Å². The molecular weight excluding hydrogens is 498 g/mol. The molecule has 0 aliphatic carbocycles. The van der Waals surface area contributed by atoms with Gasteiger partial charge in [-0.1, -0.05) is 0 Å². The summed E-state index contributed by atoms with van der Waals surface area (Å²) < 4.78 is 88.6. The molecule has 0 saturated carbocycles. The van der Waals surface area contributed by atoms with Gasteiger partial charge in [0.1, 0.15) is 11.5 Å². The quantitative estimate of drug-likeness (QED) is 0.190. The van der Waals surface area contributed by atoms with Crippen LogP contribution >= 0.6 is 31.9 Å². The van der Waals surface area contributed by atoms with Crippen LogP contribution in [0.1, 0.15) is 12.8 Å². The number of hydrogen-bond acceptors (Lipinski definition) is 2. The zero-order valence-electron chi connectivity index (χ0n) is 12.8. The van der Waals surface area contributed by atoms with E-state index in [1.54, 1.807) is 0 Å². The Morgan fingerprint density at radius 2 is 0.962 bits per heavy atom. The molecule has 0 heterocycles. The van der Waals surface area contributed by atoms with E-state index in [2.05, 4.69) is 31.9 Å². The third-order valence-corrected chi connectivity index (χ3v) is 4.67. The molecule has 2 aromatic carbocycles. The van der Waals surface area contributed by atoms with Crippen LogP contribution in [-0.4, -0.2) is 13.2 Å². The van der Waals surface area contributed by atoms with Gasteiger partial charge in [-0.05, 0) is 44.7 Å². The van der Waals surface area contributed by atoms with Crippen molar-refractivity contribution in [3.63, 3.8) is 0 Å². The summed E-state index contributed by atoms with van der Waals surface area (Å²) in [7, 11) is 0. The normalized spacial score (nSPS) is 10.9. The minimum Gasteiger partial charge on any atom is -0.492 e. The van der Waals surface area contributed by atoms with Crippen molar-refractivity contribution in [2.45, 2.75) is 12.8 Å². The van der Waals surface area contributed by atoms with Crippen molar-refractivity contribution in [2.75, 3.05) is 13.2 Å². The fourth-order valence-electron chi connectivity index (χ4n) is 1.88. The second-order valence-corrected chi connectivity index (χ2v) is 6.59. The molecule has 2 nitrogen and oxygen atoms in total. The van der Waals surface area contributed by atoms with Crippen LogP contribution in [0.15, 0.2) is 21.1 Å². The molecule has 2 rings (SSSR count). The first-order chi connectivity index (χ1) is 12.2. The Balaban J connectivity index is 1.82. The third-order valence-electron chi connectivity index (χ3n) is 3.19. The van der Waals surface area contributed by atoms with Gasteiger partial charge in [-0.3, -0.25) is 0 Å². The lowest BCUT2D eigenvalue weighted by molar-refractivity contribution is 0.260. The summed E-state index contributed by atoms with van der Waals surface area (Å²) in [5.41, 5.74) is 0. The lowest BCUT2D eigenvalue weighted by Gasteiger charge is -2.11. The molecule has 0 spiro atoms. The Morgan fingerprint density at radius 1 is 0.615 bits per heavy atom. The van der Waals surface area contributed by atoms with Gasteiger partial charge in [0, 0.05) is 12.1 Å². The van der Waals surface area contributed by atoms with E-state index < -0.39 is 34.9 Å². The highest BCUT2D eigenvalue weighted by atomic mass is 79.9. The van der Waals surface area contributed by atoms with Crippen molar-refractivity contribution in [1.29, 1.82) is 0 Å². The number of unbranched alkanes of at least 4 members (excludes halogenated alkanes) is 1. The molecule has 0 amide bonds.